The number of hydrogen-bond donors (Lipinski definition) is 1. The molecule has 3 aromatic rings. The average molecular weight is 449 g/mol. The Hall–Kier alpha value is -3.65. The second-order valence-electron chi connectivity index (χ2n) is 7.69. The maximum Gasteiger partial charge on any atom is 0.299 e. The highest BCUT2D eigenvalue weighted by Gasteiger charge is 2.20. The van der Waals surface area contributed by atoms with Gasteiger partial charge in [-0.05, 0) is 50.1 Å². The molecule has 0 radical (unpaired) electrons. The SMILES string of the molecule is CCOCCOc1cnn(-c2ccccc2)c(=O)c1Nc1cccc(C(=O)N2CCCC2)c1. The summed E-state index contributed by atoms with van der Waals surface area (Å²) in [5.41, 5.74) is 1.74. The number of likely N-dealkylation sites (tertiary alicyclic amines) is 1. The summed E-state index contributed by atoms with van der Waals surface area (Å²) in [6.07, 6.45) is 3.58. The topological polar surface area (TPSA) is 85.7 Å². The summed E-state index contributed by atoms with van der Waals surface area (Å²) < 4.78 is 12.5. The third-order valence-electron chi connectivity index (χ3n) is 5.41. The Balaban J connectivity index is 1.65. The number of hydrogen-bond acceptors (Lipinski definition) is 6. The van der Waals surface area contributed by atoms with Crippen molar-refractivity contribution in [2.45, 2.75) is 19.8 Å². The van der Waals surface area contributed by atoms with Crippen molar-refractivity contribution < 1.29 is 14.3 Å². The summed E-state index contributed by atoms with van der Waals surface area (Å²) in [6.45, 7) is 4.73. The van der Waals surface area contributed by atoms with Gasteiger partial charge in [0, 0.05) is 30.9 Å². The summed E-state index contributed by atoms with van der Waals surface area (Å²) in [7, 11) is 0. The molecule has 1 aliphatic rings. The molecule has 8 heteroatoms. The lowest BCUT2D eigenvalue weighted by Gasteiger charge is -2.17. The van der Waals surface area contributed by atoms with E-state index in [-0.39, 0.29) is 23.8 Å². The minimum Gasteiger partial charge on any atom is -0.487 e. The highest BCUT2D eigenvalue weighted by molar-refractivity contribution is 5.95. The van der Waals surface area contributed by atoms with Crippen LogP contribution in [0.25, 0.3) is 5.69 Å². The lowest BCUT2D eigenvalue weighted by atomic mass is 10.1. The molecule has 2 heterocycles. The number of anilines is 2. The van der Waals surface area contributed by atoms with Crippen LogP contribution in [0.3, 0.4) is 0 Å². The molecule has 4 rings (SSSR count). The van der Waals surface area contributed by atoms with Crippen LogP contribution in [0.1, 0.15) is 30.1 Å². The zero-order chi connectivity index (χ0) is 23.0. The molecule has 8 nitrogen and oxygen atoms in total. The predicted octanol–water partition coefficient (Wildman–Crippen LogP) is 3.63. The molecular weight excluding hydrogens is 420 g/mol. The van der Waals surface area contributed by atoms with E-state index < -0.39 is 0 Å². The molecule has 2 aromatic carbocycles. The fourth-order valence-electron chi connectivity index (χ4n) is 3.75. The van der Waals surface area contributed by atoms with E-state index in [0.717, 1.165) is 25.9 Å². The highest BCUT2D eigenvalue weighted by atomic mass is 16.5. The first-order valence-electron chi connectivity index (χ1n) is 11.2. The summed E-state index contributed by atoms with van der Waals surface area (Å²) in [6, 6.07) is 16.4. The summed E-state index contributed by atoms with van der Waals surface area (Å²) >= 11 is 0. The first kappa shape index (κ1) is 22.5. The minimum atomic E-state index is -0.355. The molecule has 172 valence electrons. The zero-order valence-corrected chi connectivity index (χ0v) is 18.7. The van der Waals surface area contributed by atoms with Crippen molar-refractivity contribution in [2.24, 2.45) is 0 Å². The van der Waals surface area contributed by atoms with Crippen LogP contribution in [0, 0.1) is 0 Å². The fourth-order valence-corrected chi connectivity index (χ4v) is 3.75. The van der Waals surface area contributed by atoms with Crippen LogP contribution < -0.4 is 15.6 Å². The van der Waals surface area contributed by atoms with Gasteiger partial charge in [-0.3, -0.25) is 9.59 Å². The van der Waals surface area contributed by atoms with E-state index in [9.17, 15) is 9.59 Å². The van der Waals surface area contributed by atoms with Crippen LogP contribution in [0.5, 0.6) is 5.75 Å². The van der Waals surface area contributed by atoms with Crippen molar-refractivity contribution in [3.05, 3.63) is 76.7 Å². The number of nitrogens with zero attached hydrogens (tertiary/aromatic N) is 3. The minimum absolute atomic E-state index is 0.000706. The number of carbonyl (C=O) groups is 1. The number of amides is 1. The van der Waals surface area contributed by atoms with E-state index >= 15 is 0 Å². The normalized spacial score (nSPS) is 13.2. The second kappa shape index (κ2) is 10.8. The van der Waals surface area contributed by atoms with E-state index in [1.807, 2.05) is 48.2 Å². The molecule has 0 aliphatic carbocycles. The van der Waals surface area contributed by atoms with Crippen molar-refractivity contribution >= 4 is 17.3 Å². The number of rotatable bonds is 9. The molecule has 1 aliphatic heterocycles. The molecule has 1 saturated heterocycles. The largest absolute Gasteiger partial charge is 0.487 e. The van der Waals surface area contributed by atoms with Crippen LogP contribution in [-0.2, 0) is 4.74 Å². The lowest BCUT2D eigenvalue weighted by Crippen LogP contribution is -2.27. The Bertz CT molecular complexity index is 1140. The second-order valence-corrected chi connectivity index (χ2v) is 7.69. The molecule has 0 unspecified atom stereocenters. The quantitative estimate of drug-likeness (QED) is 0.503. The van der Waals surface area contributed by atoms with Crippen molar-refractivity contribution in [1.82, 2.24) is 14.7 Å². The Morgan fingerprint density at radius 1 is 1.06 bits per heavy atom. The van der Waals surface area contributed by atoms with E-state index in [1.54, 1.807) is 18.2 Å². The van der Waals surface area contributed by atoms with Crippen LogP contribution >= 0.6 is 0 Å². The van der Waals surface area contributed by atoms with Gasteiger partial charge in [-0.2, -0.15) is 9.78 Å². The Kier molecular flexibility index (Phi) is 7.36. The molecule has 0 atom stereocenters. The van der Waals surface area contributed by atoms with E-state index in [4.69, 9.17) is 9.47 Å². The number of ether oxygens (including phenoxy) is 2. The molecule has 1 N–H and O–H groups in total. The van der Waals surface area contributed by atoms with Gasteiger partial charge in [-0.1, -0.05) is 24.3 Å². The van der Waals surface area contributed by atoms with Crippen LogP contribution in [-0.4, -0.2) is 53.5 Å². The molecule has 0 bridgehead atoms. The highest BCUT2D eigenvalue weighted by Crippen LogP contribution is 2.25. The Morgan fingerprint density at radius 3 is 2.61 bits per heavy atom. The maximum atomic E-state index is 13.4. The van der Waals surface area contributed by atoms with Gasteiger partial charge >= 0.3 is 0 Å². The van der Waals surface area contributed by atoms with Gasteiger partial charge in [0.1, 0.15) is 6.61 Å². The van der Waals surface area contributed by atoms with Gasteiger partial charge in [-0.15, -0.1) is 0 Å². The van der Waals surface area contributed by atoms with Crippen molar-refractivity contribution in [3.8, 4) is 11.4 Å². The van der Waals surface area contributed by atoms with Gasteiger partial charge in [0.2, 0.25) is 0 Å². The molecule has 0 saturated carbocycles. The summed E-state index contributed by atoms with van der Waals surface area (Å²) in [4.78, 5) is 28.0. The van der Waals surface area contributed by atoms with E-state index in [1.165, 1.54) is 10.9 Å². The number of para-hydroxylation sites is 1. The predicted molar refractivity (Wildman–Crippen MR) is 127 cm³/mol. The molecular formula is C25H28N4O4. The Morgan fingerprint density at radius 2 is 1.85 bits per heavy atom. The van der Waals surface area contributed by atoms with E-state index in [2.05, 4.69) is 10.4 Å². The average Bonchev–Trinajstić information content (AvgIpc) is 3.39. The standard InChI is InChI=1S/C25H28N4O4/c1-2-32-15-16-33-22-18-26-29(21-11-4-3-5-12-21)25(31)23(22)27-20-10-8-9-19(17-20)24(30)28-13-6-7-14-28/h3-5,8-12,17-18,27H,2,6-7,13-16H2,1H3. The first-order chi connectivity index (χ1) is 16.2. The smallest absolute Gasteiger partial charge is 0.299 e. The molecule has 1 amide bonds. The van der Waals surface area contributed by atoms with Crippen LogP contribution in [0.15, 0.2) is 65.6 Å². The monoisotopic (exact) mass is 448 g/mol. The zero-order valence-electron chi connectivity index (χ0n) is 18.7. The molecule has 33 heavy (non-hydrogen) atoms. The number of carbonyl (C=O) groups excluding carboxylic acids is 1. The third kappa shape index (κ3) is 5.40. The van der Waals surface area contributed by atoms with Crippen LogP contribution in [0.2, 0.25) is 0 Å². The van der Waals surface area contributed by atoms with Crippen molar-refractivity contribution in [2.75, 3.05) is 38.2 Å². The van der Waals surface area contributed by atoms with Crippen molar-refractivity contribution in [3.63, 3.8) is 0 Å². The molecule has 1 fully saturated rings. The van der Waals surface area contributed by atoms with Gasteiger partial charge in [0.05, 0.1) is 18.5 Å². The molecule has 0 spiro atoms. The fraction of sp³-hybridized carbons (Fsp3) is 0.320. The number of nitrogens with one attached hydrogen (secondary N) is 1. The third-order valence-corrected chi connectivity index (χ3v) is 5.41. The first-order valence-corrected chi connectivity index (χ1v) is 11.2. The number of benzene rings is 2. The van der Waals surface area contributed by atoms with Gasteiger partial charge in [0.15, 0.2) is 11.4 Å². The van der Waals surface area contributed by atoms with Crippen LogP contribution in [0.4, 0.5) is 11.4 Å². The molecule has 1 aromatic heterocycles. The Labute approximate surface area is 192 Å². The van der Waals surface area contributed by atoms with Gasteiger partial charge in [-0.25, -0.2) is 0 Å². The summed E-state index contributed by atoms with van der Waals surface area (Å²) in [5.74, 6) is 0.323. The van der Waals surface area contributed by atoms with Gasteiger partial charge in [0.25, 0.3) is 11.5 Å². The maximum absolute atomic E-state index is 13.4. The number of aromatic nitrogens is 2. The van der Waals surface area contributed by atoms with Crippen molar-refractivity contribution in [1.29, 1.82) is 0 Å². The van der Waals surface area contributed by atoms with Gasteiger partial charge < -0.3 is 19.7 Å². The van der Waals surface area contributed by atoms with E-state index in [0.29, 0.717) is 35.9 Å². The lowest BCUT2D eigenvalue weighted by molar-refractivity contribution is 0.0793. The summed E-state index contributed by atoms with van der Waals surface area (Å²) in [5, 5.41) is 7.45.